The summed E-state index contributed by atoms with van der Waals surface area (Å²) >= 11 is 0. The minimum atomic E-state index is -3.49. The van der Waals surface area contributed by atoms with Crippen LogP contribution in [0.5, 0.6) is 0 Å². The maximum Gasteiger partial charge on any atom is 0.240 e. The van der Waals surface area contributed by atoms with Gasteiger partial charge in [0.15, 0.2) is 0 Å². The second-order valence-corrected chi connectivity index (χ2v) is 6.43. The Kier molecular flexibility index (Phi) is 5.31. The van der Waals surface area contributed by atoms with E-state index in [1.165, 1.54) is 0 Å². The first-order valence-electron chi connectivity index (χ1n) is 6.13. The Labute approximate surface area is 109 Å². The van der Waals surface area contributed by atoms with Gasteiger partial charge in [0.25, 0.3) is 0 Å². The Hall–Kier alpha value is -0.910. The Morgan fingerprint density at radius 1 is 1.33 bits per heavy atom. The molecule has 0 heterocycles. The van der Waals surface area contributed by atoms with E-state index in [9.17, 15) is 8.42 Å². The molecule has 0 unspecified atom stereocenters. The zero-order valence-corrected chi connectivity index (χ0v) is 11.9. The minimum Gasteiger partial charge on any atom is -0.392 e. The smallest absolute Gasteiger partial charge is 0.240 e. The summed E-state index contributed by atoms with van der Waals surface area (Å²) in [5.74, 6) is 0.255. The van der Waals surface area contributed by atoms with E-state index in [0.29, 0.717) is 18.5 Å². The van der Waals surface area contributed by atoms with E-state index in [0.717, 1.165) is 5.56 Å². The van der Waals surface area contributed by atoms with Crippen LogP contribution in [-0.2, 0) is 23.1 Å². The van der Waals surface area contributed by atoms with Gasteiger partial charge in [-0.3, -0.25) is 0 Å². The van der Waals surface area contributed by atoms with Crippen LogP contribution in [0, 0.1) is 5.92 Å². The van der Waals surface area contributed by atoms with Crippen molar-refractivity contribution in [1.82, 2.24) is 4.72 Å². The Morgan fingerprint density at radius 2 is 2.00 bits per heavy atom. The molecule has 0 aliphatic heterocycles. The molecule has 0 aliphatic carbocycles. The van der Waals surface area contributed by atoms with Crippen LogP contribution in [-0.4, -0.2) is 20.1 Å². The number of hydrogen-bond donors (Lipinski definition) is 2. The number of nitrogens with one attached hydrogen (secondary N) is 1. The Morgan fingerprint density at radius 3 is 2.50 bits per heavy atom. The van der Waals surface area contributed by atoms with Crippen molar-refractivity contribution in [3.63, 3.8) is 0 Å². The summed E-state index contributed by atoms with van der Waals surface area (Å²) in [6.07, 6.45) is 0.642. The molecule has 0 aliphatic rings. The number of aryl methyl sites for hydroxylation is 1. The molecule has 0 spiro atoms. The first-order valence-corrected chi connectivity index (χ1v) is 7.61. The molecule has 4 nitrogen and oxygen atoms in total. The van der Waals surface area contributed by atoms with Crippen LogP contribution >= 0.6 is 0 Å². The van der Waals surface area contributed by atoms with Crippen LogP contribution in [0.4, 0.5) is 0 Å². The molecule has 0 saturated heterocycles. The van der Waals surface area contributed by atoms with Gasteiger partial charge in [-0.2, -0.15) is 0 Å². The number of aliphatic hydroxyl groups is 1. The molecule has 1 aromatic carbocycles. The maximum atomic E-state index is 12.2. The largest absolute Gasteiger partial charge is 0.392 e. The van der Waals surface area contributed by atoms with Crippen LogP contribution in [0.25, 0.3) is 0 Å². The van der Waals surface area contributed by atoms with Crippen molar-refractivity contribution in [2.75, 3.05) is 6.54 Å². The molecular formula is C13H21NO3S. The second-order valence-electron chi connectivity index (χ2n) is 4.70. The van der Waals surface area contributed by atoms with Gasteiger partial charge < -0.3 is 5.11 Å². The predicted molar refractivity (Wildman–Crippen MR) is 71.8 cm³/mol. The fraction of sp³-hybridized carbons (Fsp3) is 0.538. The standard InChI is InChI=1S/C13H21NO3S/c1-4-12-6-5-11(9-15)7-13(12)18(16,17)14-8-10(2)3/h5-7,10,14-15H,4,8-9H2,1-3H3. The lowest BCUT2D eigenvalue weighted by molar-refractivity contribution is 0.281. The van der Waals surface area contributed by atoms with Crippen molar-refractivity contribution >= 4 is 10.0 Å². The third-order valence-corrected chi connectivity index (χ3v) is 4.17. The Balaban J connectivity index is 3.12. The highest BCUT2D eigenvalue weighted by Gasteiger charge is 2.18. The summed E-state index contributed by atoms with van der Waals surface area (Å²) in [5, 5.41) is 9.09. The zero-order chi connectivity index (χ0) is 13.8. The van der Waals surface area contributed by atoms with Crippen LogP contribution < -0.4 is 4.72 Å². The van der Waals surface area contributed by atoms with Crippen LogP contribution in [0.15, 0.2) is 23.1 Å². The molecule has 1 aromatic rings. The summed E-state index contributed by atoms with van der Waals surface area (Å²) < 4.78 is 27.0. The van der Waals surface area contributed by atoms with Crippen molar-refractivity contribution < 1.29 is 13.5 Å². The minimum absolute atomic E-state index is 0.156. The topological polar surface area (TPSA) is 66.4 Å². The van der Waals surface area contributed by atoms with Gasteiger partial charge in [-0.15, -0.1) is 0 Å². The highest BCUT2D eigenvalue weighted by Crippen LogP contribution is 2.18. The van der Waals surface area contributed by atoms with Gasteiger partial charge in [0.1, 0.15) is 0 Å². The van der Waals surface area contributed by atoms with E-state index in [1.54, 1.807) is 18.2 Å². The average Bonchev–Trinajstić information content (AvgIpc) is 2.35. The van der Waals surface area contributed by atoms with Crippen molar-refractivity contribution in [3.8, 4) is 0 Å². The van der Waals surface area contributed by atoms with E-state index in [-0.39, 0.29) is 17.4 Å². The molecule has 0 saturated carbocycles. The maximum absolute atomic E-state index is 12.2. The second kappa shape index (κ2) is 6.31. The summed E-state index contributed by atoms with van der Waals surface area (Å²) in [6, 6.07) is 5.05. The SMILES string of the molecule is CCc1ccc(CO)cc1S(=O)(=O)NCC(C)C. The summed E-state index contributed by atoms with van der Waals surface area (Å²) in [6.45, 7) is 6.07. The monoisotopic (exact) mass is 271 g/mol. The summed E-state index contributed by atoms with van der Waals surface area (Å²) in [5.41, 5.74) is 1.38. The van der Waals surface area contributed by atoms with Gasteiger partial charge in [-0.25, -0.2) is 13.1 Å². The van der Waals surface area contributed by atoms with Gasteiger partial charge in [0.2, 0.25) is 10.0 Å². The first-order chi connectivity index (χ1) is 8.40. The van der Waals surface area contributed by atoms with E-state index < -0.39 is 10.0 Å². The normalized spacial score (nSPS) is 12.1. The fourth-order valence-corrected chi connectivity index (χ4v) is 3.17. The zero-order valence-electron chi connectivity index (χ0n) is 11.1. The lowest BCUT2D eigenvalue weighted by atomic mass is 10.1. The Bertz CT molecular complexity index is 495. The molecule has 1 rings (SSSR count). The van der Waals surface area contributed by atoms with E-state index in [2.05, 4.69) is 4.72 Å². The molecule has 2 N–H and O–H groups in total. The van der Waals surface area contributed by atoms with Gasteiger partial charge in [-0.1, -0.05) is 32.9 Å². The van der Waals surface area contributed by atoms with Crippen LogP contribution in [0.1, 0.15) is 31.9 Å². The summed E-state index contributed by atoms with van der Waals surface area (Å²) in [4.78, 5) is 0.275. The van der Waals surface area contributed by atoms with Crippen molar-refractivity contribution in [2.45, 2.75) is 38.7 Å². The van der Waals surface area contributed by atoms with Gasteiger partial charge in [0.05, 0.1) is 11.5 Å². The molecule has 0 bridgehead atoms. The molecule has 102 valence electrons. The molecule has 0 fully saturated rings. The molecule has 0 amide bonds. The fourth-order valence-electron chi connectivity index (χ4n) is 1.59. The quantitative estimate of drug-likeness (QED) is 0.827. The number of benzene rings is 1. The number of hydrogen-bond acceptors (Lipinski definition) is 3. The number of sulfonamides is 1. The van der Waals surface area contributed by atoms with Crippen molar-refractivity contribution in [1.29, 1.82) is 0 Å². The predicted octanol–water partition coefficient (Wildman–Crippen LogP) is 1.68. The van der Waals surface area contributed by atoms with E-state index in [1.807, 2.05) is 20.8 Å². The van der Waals surface area contributed by atoms with Gasteiger partial charge >= 0.3 is 0 Å². The molecular weight excluding hydrogens is 250 g/mol. The van der Waals surface area contributed by atoms with Crippen molar-refractivity contribution in [3.05, 3.63) is 29.3 Å². The van der Waals surface area contributed by atoms with E-state index >= 15 is 0 Å². The van der Waals surface area contributed by atoms with Crippen molar-refractivity contribution in [2.24, 2.45) is 5.92 Å². The lowest BCUT2D eigenvalue weighted by Gasteiger charge is -2.13. The van der Waals surface area contributed by atoms with Gasteiger partial charge in [-0.05, 0) is 29.5 Å². The molecule has 0 radical (unpaired) electrons. The number of rotatable bonds is 6. The highest BCUT2D eigenvalue weighted by atomic mass is 32.2. The highest BCUT2D eigenvalue weighted by molar-refractivity contribution is 7.89. The molecule has 0 aromatic heterocycles. The van der Waals surface area contributed by atoms with Gasteiger partial charge in [0, 0.05) is 6.54 Å². The van der Waals surface area contributed by atoms with E-state index in [4.69, 9.17) is 5.11 Å². The average molecular weight is 271 g/mol. The first kappa shape index (κ1) is 15.1. The third kappa shape index (κ3) is 3.80. The third-order valence-electron chi connectivity index (χ3n) is 2.67. The molecule has 0 atom stereocenters. The lowest BCUT2D eigenvalue weighted by Crippen LogP contribution is -2.28. The summed E-state index contributed by atoms with van der Waals surface area (Å²) in [7, 11) is -3.49. The molecule has 18 heavy (non-hydrogen) atoms. The van der Waals surface area contributed by atoms with Crippen LogP contribution in [0.2, 0.25) is 0 Å². The molecule has 5 heteroatoms. The number of aliphatic hydroxyl groups excluding tert-OH is 1. The van der Waals surface area contributed by atoms with Crippen LogP contribution in [0.3, 0.4) is 0 Å².